The first-order valence-corrected chi connectivity index (χ1v) is 8.23. The molecule has 0 aromatic heterocycles. The zero-order valence-electron chi connectivity index (χ0n) is 13.1. The van der Waals surface area contributed by atoms with Gasteiger partial charge in [-0.25, -0.2) is 0 Å². The highest BCUT2D eigenvalue weighted by molar-refractivity contribution is 4.70. The molecule has 0 atom stereocenters. The molecule has 4 heteroatoms. The third-order valence-corrected chi connectivity index (χ3v) is 3.85. The topological polar surface area (TPSA) is 30.5 Å². The Labute approximate surface area is 119 Å². The molecule has 0 aliphatic carbocycles. The van der Waals surface area contributed by atoms with E-state index in [2.05, 4.69) is 34.3 Å². The van der Waals surface area contributed by atoms with Crippen molar-refractivity contribution in [1.82, 2.24) is 20.4 Å². The SMILES string of the molecule is CCCCNCCN1CCCN(CCNCC)CC1. The Bertz CT molecular complexity index is 199. The second-order valence-corrected chi connectivity index (χ2v) is 5.49. The molecule has 0 radical (unpaired) electrons. The Kier molecular flexibility index (Phi) is 10.4. The molecule has 1 aliphatic rings. The minimum atomic E-state index is 1.09. The smallest absolute Gasteiger partial charge is 0.0110 e. The van der Waals surface area contributed by atoms with Gasteiger partial charge in [0.15, 0.2) is 0 Å². The second-order valence-electron chi connectivity index (χ2n) is 5.49. The lowest BCUT2D eigenvalue weighted by Crippen LogP contribution is -2.37. The van der Waals surface area contributed by atoms with Crippen LogP contribution in [0, 0.1) is 0 Å². The number of unbranched alkanes of at least 4 members (excludes halogenated alkanes) is 1. The van der Waals surface area contributed by atoms with Gasteiger partial charge in [0, 0.05) is 39.3 Å². The maximum absolute atomic E-state index is 3.54. The summed E-state index contributed by atoms with van der Waals surface area (Å²) < 4.78 is 0. The van der Waals surface area contributed by atoms with Gasteiger partial charge in [-0.05, 0) is 39.0 Å². The molecule has 114 valence electrons. The van der Waals surface area contributed by atoms with E-state index in [4.69, 9.17) is 0 Å². The average molecular weight is 270 g/mol. The quantitative estimate of drug-likeness (QED) is 0.580. The number of hydrogen-bond acceptors (Lipinski definition) is 4. The van der Waals surface area contributed by atoms with Crippen LogP contribution in [0.5, 0.6) is 0 Å². The molecule has 2 N–H and O–H groups in total. The molecule has 0 aromatic rings. The van der Waals surface area contributed by atoms with Gasteiger partial charge in [0.05, 0.1) is 0 Å². The summed E-state index contributed by atoms with van der Waals surface area (Å²) in [6.07, 6.45) is 3.91. The van der Waals surface area contributed by atoms with E-state index < -0.39 is 0 Å². The predicted molar refractivity (Wildman–Crippen MR) is 83.8 cm³/mol. The maximum atomic E-state index is 3.54. The van der Waals surface area contributed by atoms with Gasteiger partial charge in [-0.2, -0.15) is 0 Å². The van der Waals surface area contributed by atoms with Gasteiger partial charge in [-0.1, -0.05) is 20.3 Å². The van der Waals surface area contributed by atoms with Gasteiger partial charge in [-0.3, -0.25) is 0 Å². The molecule has 1 heterocycles. The molecule has 1 saturated heterocycles. The third-order valence-electron chi connectivity index (χ3n) is 3.85. The molecule has 0 saturated carbocycles. The fourth-order valence-electron chi connectivity index (χ4n) is 2.55. The summed E-state index contributed by atoms with van der Waals surface area (Å²) in [6, 6.07) is 0. The number of rotatable bonds is 10. The van der Waals surface area contributed by atoms with Gasteiger partial charge in [0.2, 0.25) is 0 Å². The van der Waals surface area contributed by atoms with Crippen molar-refractivity contribution >= 4 is 0 Å². The Hall–Kier alpha value is -0.160. The van der Waals surface area contributed by atoms with Gasteiger partial charge >= 0.3 is 0 Å². The monoisotopic (exact) mass is 270 g/mol. The minimum absolute atomic E-state index is 1.09. The van der Waals surface area contributed by atoms with E-state index in [0.717, 1.165) is 19.6 Å². The van der Waals surface area contributed by atoms with Crippen LogP contribution < -0.4 is 10.6 Å². The molecule has 1 fully saturated rings. The van der Waals surface area contributed by atoms with E-state index in [1.54, 1.807) is 0 Å². The van der Waals surface area contributed by atoms with Crippen LogP contribution >= 0.6 is 0 Å². The zero-order valence-corrected chi connectivity index (χ0v) is 13.1. The summed E-state index contributed by atoms with van der Waals surface area (Å²) in [5, 5.41) is 6.96. The molecule has 19 heavy (non-hydrogen) atoms. The van der Waals surface area contributed by atoms with E-state index in [1.807, 2.05) is 0 Å². The largest absolute Gasteiger partial charge is 0.316 e. The zero-order chi connectivity index (χ0) is 13.8. The Balaban J connectivity index is 2.05. The van der Waals surface area contributed by atoms with E-state index in [1.165, 1.54) is 65.1 Å². The molecule has 1 aliphatic heterocycles. The summed E-state index contributed by atoms with van der Waals surface area (Å²) >= 11 is 0. The number of likely N-dealkylation sites (N-methyl/N-ethyl adjacent to an activating group) is 1. The van der Waals surface area contributed by atoms with E-state index in [0.29, 0.717) is 0 Å². The number of nitrogens with one attached hydrogen (secondary N) is 2. The van der Waals surface area contributed by atoms with Crippen molar-refractivity contribution in [2.75, 3.05) is 65.4 Å². The molecular weight excluding hydrogens is 236 g/mol. The maximum Gasteiger partial charge on any atom is 0.0110 e. The van der Waals surface area contributed by atoms with E-state index in [-0.39, 0.29) is 0 Å². The highest BCUT2D eigenvalue weighted by atomic mass is 15.2. The van der Waals surface area contributed by atoms with Crippen molar-refractivity contribution < 1.29 is 0 Å². The van der Waals surface area contributed by atoms with Crippen LogP contribution in [0.1, 0.15) is 33.1 Å². The Morgan fingerprint density at radius 3 is 2.00 bits per heavy atom. The van der Waals surface area contributed by atoms with Gasteiger partial charge in [0.1, 0.15) is 0 Å². The van der Waals surface area contributed by atoms with Crippen molar-refractivity contribution in [3.05, 3.63) is 0 Å². The lowest BCUT2D eigenvalue weighted by molar-refractivity contribution is 0.256. The lowest BCUT2D eigenvalue weighted by atomic mass is 10.3. The van der Waals surface area contributed by atoms with Crippen LogP contribution in [-0.2, 0) is 0 Å². The van der Waals surface area contributed by atoms with Crippen LogP contribution in [0.25, 0.3) is 0 Å². The van der Waals surface area contributed by atoms with Crippen LogP contribution in [0.2, 0.25) is 0 Å². The molecule has 1 rings (SSSR count). The van der Waals surface area contributed by atoms with E-state index >= 15 is 0 Å². The molecule has 0 bridgehead atoms. The van der Waals surface area contributed by atoms with Crippen molar-refractivity contribution in [2.24, 2.45) is 0 Å². The first kappa shape index (κ1) is 16.9. The Morgan fingerprint density at radius 1 is 0.789 bits per heavy atom. The van der Waals surface area contributed by atoms with Crippen LogP contribution in [0.15, 0.2) is 0 Å². The van der Waals surface area contributed by atoms with Crippen molar-refractivity contribution in [3.63, 3.8) is 0 Å². The first-order chi connectivity index (χ1) is 9.36. The van der Waals surface area contributed by atoms with Crippen LogP contribution in [-0.4, -0.2) is 75.2 Å². The summed E-state index contributed by atoms with van der Waals surface area (Å²) in [6.45, 7) is 16.4. The highest BCUT2D eigenvalue weighted by Gasteiger charge is 2.13. The molecular formula is C15H34N4. The van der Waals surface area contributed by atoms with Crippen LogP contribution in [0.4, 0.5) is 0 Å². The average Bonchev–Trinajstić information content (AvgIpc) is 2.65. The first-order valence-electron chi connectivity index (χ1n) is 8.23. The normalized spacial score (nSPS) is 18.6. The van der Waals surface area contributed by atoms with E-state index in [9.17, 15) is 0 Å². The van der Waals surface area contributed by atoms with Crippen LogP contribution in [0.3, 0.4) is 0 Å². The third kappa shape index (κ3) is 8.58. The molecule has 0 amide bonds. The standard InChI is InChI=1S/C15H34N4/c1-3-5-7-17-9-13-19-11-6-10-18(14-15-19)12-8-16-4-2/h16-17H,3-15H2,1-2H3. The van der Waals surface area contributed by atoms with Crippen molar-refractivity contribution in [3.8, 4) is 0 Å². The Morgan fingerprint density at radius 2 is 1.42 bits per heavy atom. The summed E-state index contributed by atoms with van der Waals surface area (Å²) in [5.41, 5.74) is 0. The fraction of sp³-hybridized carbons (Fsp3) is 1.00. The predicted octanol–water partition coefficient (Wildman–Crippen LogP) is 0.993. The summed E-state index contributed by atoms with van der Waals surface area (Å²) in [7, 11) is 0. The molecule has 4 nitrogen and oxygen atoms in total. The molecule has 0 aromatic carbocycles. The minimum Gasteiger partial charge on any atom is -0.316 e. The number of hydrogen-bond donors (Lipinski definition) is 2. The summed E-state index contributed by atoms with van der Waals surface area (Å²) in [4.78, 5) is 5.22. The second kappa shape index (κ2) is 11.6. The number of nitrogens with zero attached hydrogens (tertiary/aromatic N) is 2. The summed E-state index contributed by atoms with van der Waals surface area (Å²) in [5.74, 6) is 0. The lowest BCUT2D eigenvalue weighted by Gasteiger charge is -2.22. The van der Waals surface area contributed by atoms with Crippen molar-refractivity contribution in [2.45, 2.75) is 33.1 Å². The van der Waals surface area contributed by atoms with Gasteiger partial charge < -0.3 is 20.4 Å². The highest BCUT2D eigenvalue weighted by Crippen LogP contribution is 2.01. The fourth-order valence-corrected chi connectivity index (χ4v) is 2.55. The van der Waals surface area contributed by atoms with Gasteiger partial charge in [0.25, 0.3) is 0 Å². The van der Waals surface area contributed by atoms with Crippen molar-refractivity contribution in [1.29, 1.82) is 0 Å². The molecule has 0 unspecified atom stereocenters. The van der Waals surface area contributed by atoms with Gasteiger partial charge in [-0.15, -0.1) is 0 Å². The molecule has 0 spiro atoms.